The van der Waals surface area contributed by atoms with Crippen molar-refractivity contribution in [3.8, 4) is 0 Å². The molecule has 1 rings (SSSR count). The zero-order valence-corrected chi connectivity index (χ0v) is 14.2. The van der Waals surface area contributed by atoms with Crippen molar-refractivity contribution in [1.82, 2.24) is 0 Å². The van der Waals surface area contributed by atoms with Crippen molar-refractivity contribution in [2.24, 2.45) is 11.3 Å². The van der Waals surface area contributed by atoms with Crippen LogP contribution < -0.4 is 0 Å². The van der Waals surface area contributed by atoms with Crippen molar-refractivity contribution in [1.29, 1.82) is 0 Å². The number of rotatable bonds is 12. The Kier molecular flexibility index (Phi) is 8.69. The Labute approximate surface area is 134 Å². The van der Waals surface area contributed by atoms with Crippen LogP contribution in [0.4, 0.5) is 0 Å². The topological polar surface area (TPSA) is 63.6 Å². The summed E-state index contributed by atoms with van der Waals surface area (Å²) < 4.78 is 4.72. The minimum atomic E-state index is -0.838. The summed E-state index contributed by atoms with van der Waals surface area (Å²) in [7, 11) is 0. The average Bonchev–Trinajstić information content (AvgIpc) is 3.27. The van der Waals surface area contributed by atoms with Crippen molar-refractivity contribution >= 4 is 11.9 Å². The molecule has 0 aromatic carbocycles. The summed E-state index contributed by atoms with van der Waals surface area (Å²) in [5.41, 5.74) is 0.0605. The number of aliphatic hydroxyl groups excluding tert-OH is 1. The number of carbonyl (C=O) groups excluding carboxylic acids is 2. The van der Waals surface area contributed by atoms with Gasteiger partial charge in [0.05, 0.1) is 5.92 Å². The van der Waals surface area contributed by atoms with E-state index in [0.717, 1.165) is 25.7 Å². The molecular weight excluding hydrogens is 280 g/mol. The third kappa shape index (κ3) is 6.07. The number of unbranched alkanes of at least 4 members (excludes halogenated alkanes) is 6. The summed E-state index contributed by atoms with van der Waals surface area (Å²) >= 11 is 0. The Hall–Kier alpha value is -0.900. The van der Waals surface area contributed by atoms with Crippen molar-refractivity contribution in [2.45, 2.75) is 84.5 Å². The lowest BCUT2D eigenvalue weighted by Gasteiger charge is -2.23. The SMILES string of the molecule is CCCCCCCCCC1(C(CC)C(=O)OC(=O)CO)CC1. The fourth-order valence-electron chi connectivity index (χ4n) is 3.43. The highest BCUT2D eigenvalue weighted by molar-refractivity contribution is 5.87. The predicted octanol–water partition coefficient (Wildman–Crippen LogP) is 4.00. The molecule has 0 radical (unpaired) electrons. The van der Waals surface area contributed by atoms with Gasteiger partial charge in [0.15, 0.2) is 0 Å². The molecule has 1 aliphatic carbocycles. The van der Waals surface area contributed by atoms with Crippen LogP contribution in [0, 0.1) is 11.3 Å². The second-order valence-corrected chi connectivity index (χ2v) is 6.65. The van der Waals surface area contributed by atoms with Crippen molar-refractivity contribution in [3.05, 3.63) is 0 Å². The molecule has 0 saturated heterocycles. The predicted molar refractivity (Wildman–Crippen MR) is 86.2 cm³/mol. The third-order valence-corrected chi connectivity index (χ3v) is 4.95. The molecule has 128 valence electrons. The molecule has 1 atom stereocenters. The van der Waals surface area contributed by atoms with Crippen LogP contribution in [-0.2, 0) is 14.3 Å². The number of aliphatic hydroxyl groups is 1. The highest BCUT2D eigenvalue weighted by atomic mass is 16.6. The van der Waals surface area contributed by atoms with E-state index in [2.05, 4.69) is 6.92 Å². The van der Waals surface area contributed by atoms with Gasteiger partial charge in [0.1, 0.15) is 6.61 Å². The zero-order chi connectivity index (χ0) is 16.4. The molecule has 4 heteroatoms. The second-order valence-electron chi connectivity index (χ2n) is 6.65. The van der Waals surface area contributed by atoms with Crippen LogP contribution in [0.15, 0.2) is 0 Å². The summed E-state index contributed by atoms with van der Waals surface area (Å²) in [5.74, 6) is -1.47. The Morgan fingerprint density at radius 1 is 1.05 bits per heavy atom. The molecule has 0 aliphatic heterocycles. The Bertz CT molecular complexity index is 347. The van der Waals surface area contributed by atoms with Crippen LogP contribution >= 0.6 is 0 Å². The monoisotopic (exact) mass is 312 g/mol. The molecule has 0 spiro atoms. The minimum Gasteiger partial charge on any atom is -0.391 e. The summed E-state index contributed by atoms with van der Waals surface area (Å²) in [5, 5.41) is 8.69. The first-order valence-electron chi connectivity index (χ1n) is 8.95. The van der Waals surface area contributed by atoms with E-state index in [4.69, 9.17) is 9.84 Å². The highest BCUT2D eigenvalue weighted by Crippen LogP contribution is 2.57. The van der Waals surface area contributed by atoms with Gasteiger partial charge >= 0.3 is 11.9 Å². The number of hydrogen-bond donors (Lipinski definition) is 1. The molecule has 4 nitrogen and oxygen atoms in total. The van der Waals surface area contributed by atoms with Crippen molar-refractivity contribution in [2.75, 3.05) is 6.61 Å². The first kappa shape index (κ1) is 19.1. The van der Waals surface area contributed by atoms with Crippen LogP contribution in [0.5, 0.6) is 0 Å². The van der Waals surface area contributed by atoms with E-state index in [9.17, 15) is 9.59 Å². The van der Waals surface area contributed by atoms with E-state index in [1.165, 1.54) is 38.5 Å². The number of carbonyl (C=O) groups is 2. The fourth-order valence-corrected chi connectivity index (χ4v) is 3.43. The average molecular weight is 312 g/mol. The third-order valence-electron chi connectivity index (χ3n) is 4.95. The minimum absolute atomic E-state index is 0.0605. The maximum atomic E-state index is 12.1. The lowest BCUT2D eigenvalue weighted by atomic mass is 9.82. The highest BCUT2D eigenvalue weighted by Gasteiger charge is 2.51. The summed E-state index contributed by atoms with van der Waals surface area (Å²) in [6.07, 6.45) is 12.8. The fraction of sp³-hybridized carbons (Fsp3) is 0.889. The standard InChI is InChI=1S/C18H32O4/c1-3-5-6-7-8-9-10-11-18(12-13-18)15(4-2)17(21)22-16(20)14-19/h15,19H,3-14H2,1-2H3. The van der Waals surface area contributed by atoms with E-state index in [1.807, 2.05) is 6.92 Å². The molecule has 1 fully saturated rings. The Morgan fingerprint density at radius 3 is 2.14 bits per heavy atom. The summed E-state index contributed by atoms with van der Waals surface area (Å²) in [6.45, 7) is 3.47. The lowest BCUT2D eigenvalue weighted by Crippen LogP contribution is -2.29. The van der Waals surface area contributed by atoms with Gasteiger partial charge in [0, 0.05) is 0 Å². The molecule has 22 heavy (non-hydrogen) atoms. The van der Waals surface area contributed by atoms with E-state index in [1.54, 1.807) is 0 Å². The first-order chi connectivity index (χ1) is 10.6. The smallest absolute Gasteiger partial charge is 0.339 e. The van der Waals surface area contributed by atoms with E-state index in [-0.39, 0.29) is 11.3 Å². The molecule has 1 aliphatic rings. The van der Waals surface area contributed by atoms with Crippen LogP contribution in [0.2, 0.25) is 0 Å². The zero-order valence-electron chi connectivity index (χ0n) is 14.2. The van der Waals surface area contributed by atoms with Gasteiger partial charge in [-0.15, -0.1) is 0 Å². The van der Waals surface area contributed by atoms with Crippen molar-refractivity contribution < 1.29 is 19.4 Å². The molecule has 0 aromatic heterocycles. The lowest BCUT2D eigenvalue weighted by molar-refractivity contribution is -0.166. The van der Waals surface area contributed by atoms with Crippen LogP contribution in [0.25, 0.3) is 0 Å². The van der Waals surface area contributed by atoms with Crippen LogP contribution in [0.1, 0.15) is 84.5 Å². The van der Waals surface area contributed by atoms with Gasteiger partial charge < -0.3 is 9.84 Å². The van der Waals surface area contributed by atoms with Gasteiger partial charge in [-0.25, -0.2) is 4.79 Å². The quantitative estimate of drug-likeness (QED) is 0.336. The van der Waals surface area contributed by atoms with Gasteiger partial charge in [0.2, 0.25) is 0 Å². The number of hydrogen-bond acceptors (Lipinski definition) is 4. The number of ether oxygens (including phenoxy) is 1. The largest absolute Gasteiger partial charge is 0.391 e. The summed E-state index contributed by atoms with van der Waals surface area (Å²) in [6, 6.07) is 0. The van der Waals surface area contributed by atoms with E-state index < -0.39 is 18.5 Å². The molecule has 0 bridgehead atoms. The Morgan fingerprint density at radius 2 is 1.64 bits per heavy atom. The van der Waals surface area contributed by atoms with Gasteiger partial charge in [-0.3, -0.25) is 4.79 Å². The number of esters is 2. The maximum Gasteiger partial charge on any atom is 0.339 e. The van der Waals surface area contributed by atoms with E-state index in [0.29, 0.717) is 6.42 Å². The maximum absolute atomic E-state index is 12.1. The van der Waals surface area contributed by atoms with Gasteiger partial charge in [-0.1, -0.05) is 58.8 Å². The Balaban J connectivity index is 2.31. The first-order valence-corrected chi connectivity index (χ1v) is 8.95. The molecule has 1 N–H and O–H groups in total. The normalized spacial score (nSPS) is 17.0. The van der Waals surface area contributed by atoms with E-state index >= 15 is 0 Å². The molecule has 0 heterocycles. The van der Waals surface area contributed by atoms with Gasteiger partial charge in [0.25, 0.3) is 0 Å². The van der Waals surface area contributed by atoms with Crippen LogP contribution in [-0.4, -0.2) is 23.7 Å². The molecule has 1 unspecified atom stereocenters. The second kappa shape index (κ2) is 9.98. The van der Waals surface area contributed by atoms with Crippen LogP contribution in [0.3, 0.4) is 0 Å². The molecule has 1 saturated carbocycles. The van der Waals surface area contributed by atoms with Crippen molar-refractivity contribution in [3.63, 3.8) is 0 Å². The van der Waals surface area contributed by atoms with Gasteiger partial charge in [-0.2, -0.15) is 0 Å². The molecule has 0 aromatic rings. The van der Waals surface area contributed by atoms with Gasteiger partial charge in [-0.05, 0) is 31.1 Å². The molecular formula is C18H32O4. The molecule has 0 amide bonds. The summed E-state index contributed by atoms with van der Waals surface area (Å²) in [4.78, 5) is 23.2.